The molecule has 0 saturated carbocycles. The van der Waals surface area contributed by atoms with Crippen molar-refractivity contribution in [2.75, 3.05) is 44.2 Å². The molecule has 3 aromatic carbocycles. The van der Waals surface area contributed by atoms with Gasteiger partial charge < -0.3 is 34.9 Å². The second-order valence-corrected chi connectivity index (χ2v) is 12.6. The molecule has 2 amide bonds. The Bertz CT molecular complexity index is 1870. The van der Waals surface area contributed by atoms with Crippen LogP contribution in [-0.4, -0.2) is 65.2 Å². The van der Waals surface area contributed by atoms with Crippen molar-refractivity contribution in [2.24, 2.45) is 11.7 Å². The van der Waals surface area contributed by atoms with Gasteiger partial charge in [0.15, 0.2) is 11.5 Å². The summed E-state index contributed by atoms with van der Waals surface area (Å²) in [6, 6.07) is 28.0. The molecule has 0 unspecified atom stereocenters. The van der Waals surface area contributed by atoms with Crippen LogP contribution in [0.15, 0.2) is 84.9 Å². The normalized spacial score (nSPS) is 12.1. The summed E-state index contributed by atoms with van der Waals surface area (Å²) in [6.45, 7) is 5.31. The molecular weight excluding hydrogens is 606 g/mol. The number of ether oxygens (including phenoxy) is 2. The number of benzene rings is 3. The molecule has 5 aromatic rings. The fraction of sp³-hybridized carbons (Fsp3) is 0.297. The van der Waals surface area contributed by atoms with Gasteiger partial charge in [-0.2, -0.15) is 9.97 Å². The summed E-state index contributed by atoms with van der Waals surface area (Å²) in [6.07, 6.45) is 0. The summed E-state index contributed by atoms with van der Waals surface area (Å²) in [5, 5.41) is 4.24. The van der Waals surface area contributed by atoms with Crippen molar-refractivity contribution in [3.63, 3.8) is 0 Å². The predicted octanol–water partition coefficient (Wildman–Crippen LogP) is 5.25. The maximum Gasteiger partial charge on any atom is 0.271 e. The van der Waals surface area contributed by atoms with Crippen LogP contribution in [0.2, 0.25) is 0 Å². The van der Waals surface area contributed by atoms with Crippen molar-refractivity contribution in [2.45, 2.75) is 32.9 Å². The third-order valence-corrected chi connectivity index (χ3v) is 8.24. The molecule has 0 atom stereocenters. The van der Waals surface area contributed by atoms with E-state index in [1.54, 1.807) is 6.07 Å². The highest BCUT2D eigenvalue weighted by molar-refractivity contribution is 6.02. The van der Waals surface area contributed by atoms with E-state index in [1.807, 2.05) is 78.2 Å². The van der Waals surface area contributed by atoms with Crippen LogP contribution in [0.3, 0.4) is 0 Å². The molecule has 3 N–H and O–H groups in total. The molecule has 0 spiro atoms. The Kier molecular flexibility index (Phi) is 9.47. The van der Waals surface area contributed by atoms with Crippen molar-refractivity contribution in [3.8, 4) is 11.5 Å². The number of aromatic nitrogens is 3. The van der Waals surface area contributed by atoms with Crippen molar-refractivity contribution in [1.82, 2.24) is 19.4 Å². The first-order valence-electron chi connectivity index (χ1n) is 16.1. The van der Waals surface area contributed by atoms with Gasteiger partial charge in [-0.25, -0.2) is 0 Å². The van der Waals surface area contributed by atoms with Gasteiger partial charge in [0, 0.05) is 39.6 Å². The highest BCUT2D eigenvalue weighted by Gasteiger charge is 2.27. The molecule has 2 aromatic heterocycles. The highest BCUT2D eigenvalue weighted by Crippen LogP contribution is 2.34. The SMILES string of the molecule is CC(C)Cn1c(C(=O)N(CC(N)=O)Cc2ccc3c(c2)OCO3)cc2c(N(C)C)nc(NCC(c3ccccc3)c3ccccc3)nc21. The number of primary amides is 1. The molecule has 0 saturated heterocycles. The van der Waals surface area contributed by atoms with E-state index in [9.17, 15) is 9.59 Å². The Morgan fingerprint density at radius 1 is 0.917 bits per heavy atom. The number of carbonyl (C=O) groups excluding carboxylic acids is 2. The smallest absolute Gasteiger partial charge is 0.271 e. The van der Waals surface area contributed by atoms with Gasteiger partial charge in [-0.05, 0) is 40.8 Å². The number of nitrogens with one attached hydrogen (secondary N) is 1. The van der Waals surface area contributed by atoms with Crippen LogP contribution in [0.5, 0.6) is 11.5 Å². The van der Waals surface area contributed by atoms with Crippen LogP contribution >= 0.6 is 0 Å². The zero-order chi connectivity index (χ0) is 33.8. The van der Waals surface area contributed by atoms with Crippen molar-refractivity contribution in [3.05, 3.63) is 107 Å². The van der Waals surface area contributed by atoms with Crippen LogP contribution in [0.25, 0.3) is 11.0 Å². The topological polar surface area (TPSA) is 128 Å². The Morgan fingerprint density at radius 3 is 2.21 bits per heavy atom. The minimum absolute atomic E-state index is 0.0626. The first-order chi connectivity index (χ1) is 23.2. The largest absolute Gasteiger partial charge is 0.454 e. The lowest BCUT2D eigenvalue weighted by atomic mass is 9.91. The number of hydrogen-bond donors (Lipinski definition) is 2. The molecule has 11 heteroatoms. The zero-order valence-electron chi connectivity index (χ0n) is 27.7. The van der Waals surface area contributed by atoms with E-state index in [0.29, 0.717) is 47.7 Å². The summed E-state index contributed by atoms with van der Waals surface area (Å²) < 4.78 is 12.9. The lowest BCUT2D eigenvalue weighted by Crippen LogP contribution is -2.39. The maximum atomic E-state index is 14.3. The molecule has 1 aliphatic heterocycles. The van der Waals surface area contributed by atoms with Gasteiger partial charge >= 0.3 is 0 Å². The molecule has 48 heavy (non-hydrogen) atoms. The Hall–Kier alpha value is -5.58. The third-order valence-electron chi connectivity index (χ3n) is 8.24. The van der Waals surface area contributed by atoms with E-state index in [4.69, 9.17) is 25.2 Å². The molecule has 248 valence electrons. The quantitative estimate of drug-likeness (QED) is 0.177. The summed E-state index contributed by atoms with van der Waals surface area (Å²) >= 11 is 0. The molecule has 1 aliphatic rings. The first kappa shape index (κ1) is 32.4. The van der Waals surface area contributed by atoms with E-state index in [1.165, 1.54) is 16.0 Å². The monoisotopic (exact) mass is 647 g/mol. The second kappa shape index (κ2) is 14.0. The Labute approximate surface area is 280 Å². The van der Waals surface area contributed by atoms with Gasteiger partial charge in [-0.3, -0.25) is 9.59 Å². The van der Waals surface area contributed by atoms with Crippen LogP contribution in [0.4, 0.5) is 11.8 Å². The fourth-order valence-corrected chi connectivity index (χ4v) is 6.06. The molecular formula is C37H41N7O4. The average molecular weight is 648 g/mol. The van der Waals surface area contributed by atoms with E-state index in [0.717, 1.165) is 10.9 Å². The third kappa shape index (κ3) is 7.05. The number of carbonyl (C=O) groups is 2. The van der Waals surface area contributed by atoms with Crippen LogP contribution in [-0.2, 0) is 17.9 Å². The lowest BCUT2D eigenvalue weighted by Gasteiger charge is -2.23. The molecule has 6 rings (SSSR count). The molecule has 0 bridgehead atoms. The summed E-state index contributed by atoms with van der Waals surface area (Å²) in [4.78, 5) is 39.9. The fourth-order valence-electron chi connectivity index (χ4n) is 6.06. The lowest BCUT2D eigenvalue weighted by molar-refractivity contribution is -0.118. The number of fused-ring (bicyclic) bond motifs is 2. The summed E-state index contributed by atoms with van der Waals surface area (Å²) in [7, 11) is 3.84. The molecule has 0 radical (unpaired) electrons. The minimum atomic E-state index is -0.609. The highest BCUT2D eigenvalue weighted by atomic mass is 16.7. The molecule has 0 aliphatic carbocycles. The van der Waals surface area contributed by atoms with E-state index in [-0.39, 0.29) is 37.6 Å². The Balaban J connectivity index is 1.38. The van der Waals surface area contributed by atoms with Crippen molar-refractivity contribution >= 4 is 34.6 Å². The maximum absolute atomic E-state index is 14.3. The van der Waals surface area contributed by atoms with Gasteiger partial charge in [0.1, 0.15) is 23.7 Å². The number of rotatable bonds is 13. The number of nitrogens with zero attached hydrogens (tertiary/aromatic N) is 5. The van der Waals surface area contributed by atoms with E-state index in [2.05, 4.69) is 43.4 Å². The molecule has 3 heterocycles. The van der Waals surface area contributed by atoms with Gasteiger partial charge in [0.25, 0.3) is 5.91 Å². The van der Waals surface area contributed by atoms with Crippen molar-refractivity contribution < 1.29 is 19.1 Å². The number of hydrogen-bond acceptors (Lipinski definition) is 8. The summed E-state index contributed by atoms with van der Waals surface area (Å²) in [5.41, 5.74) is 9.83. The molecule has 0 fully saturated rings. The standard InChI is InChI=1S/C37H41N7O4/c1-24(2)20-44-30(36(46)43(22-33(38)45)21-25-15-16-31-32(17-25)48-23-47-31)18-28-34(42(3)4)40-37(41-35(28)44)39-19-29(26-11-7-5-8-12-26)27-13-9-6-10-14-27/h5-18,24,29H,19-23H2,1-4H3,(H2,38,45)(H,39,40,41). The van der Waals surface area contributed by atoms with Crippen LogP contribution in [0.1, 0.15) is 46.9 Å². The Morgan fingerprint density at radius 2 is 1.58 bits per heavy atom. The number of anilines is 2. The van der Waals surface area contributed by atoms with Crippen LogP contribution in [0, 0.1) is 5.92 Å². The van der Waals surface area contributed by atoms with Crippen LogP contribution < -0.4 is 25.4 Å². The van der Waals surface area contributed by atoms with Gasteiger partial charge in [-0.1, -0.05) is 80.6 Å². The van der Waals surface area contributed by atoms with Gasteiger partial charge in [-0.15, -0.1) is 0 Å². The first-order valence-corrected chi connectivity index (χ1v) is 16.1. The second-order valence-electron chi connectivity index (χ2n) is 12.6. The average Bonchev–Trinajstić information content (AvgIpc) is 3.69. The predicted molar refractivity (Wildman–Crippen MR) is 186 cm³/mol. The summed E-state index contributed by atoms with van der Waals surface area (Å²) in [5.74, 6) is 1.68. The minimum Gasteiger partial charge on any atom is -0.454 e. The number of nitrogens with two attached hydrogens (primary N) is 1. The number of amides is 2. The molecule has 11 nitrogen and oxygen atoms in total. The van der Waals surface area contributed by atoms with Crippen molar-refractivity contribution in [1.29, 1.82) is 0 Å². The van der Waals surface area contributed by atoms with E-state index >= 15 is 0 Å². The van der Waals surface area contributed by atoms with Gasteiger partial charge in [0.05, 0.1) is 5.39 Å². The van der Waals surface area contributed by atoms with E-state index < -0.39 is 5.91 Å². The zero-order valence-corrected chi connectivity index (χ0v) is 27.7. The van der Waals surface area contributed by atoms with Gasteiger partial charge in [0.2, 0.25) is 18.6 Å².